The molecule has 0 unspecified atom stereocenters. The summed E-state index contributed by atoms with van der Waals surface area (Å²) in [5, 5.41) is 0. The Hall–Kier alpha value is -0.460. The Morgan fingerprint density at radius 2 is 2.00 bits per heavy atom. The van der Waals surface area contributed by atoms with Gasteiger partial charge in [0.1, 0.15) is 5.75 Å². The number of benzene rings is 1. The number of halogens is 4. The quantitative estimate of drug-likeness (QED) is 0.595. The Morgan fingerprint density at radius 3 is 2.43 bits per heavy atom. The molecule has 0 saturated heterocycles. The molecule has 0 radical (unpaired) electrons. The molecule has 78 valence electrons. The van der Waals surface area contributed by atoms with Crippen LogP contribution in [-0.4, -0.2) is 6.36 Å². The first kappa shape index (κ1) is 11.6. The number of ether oxygens (including phenoxy) is 1. The maximum absolute atomic E-state index is 11.8. The van der Waals surface area contributed by atoms with Crippen molar-refractivity contribution in [2.24, 2.45) is 0 Å². The van der Waals surface area contributed by atoms with Gasteiger partial charge in [0.05, 0.1) is 0 Å². The monoisotopic (exact) mass is 316 g/mol. The highest BCUT2D eigenvalue weighted by Crippen LogP contribution is 2.25. The van der Waals surface area contributed by atoms with Crippen molar-refractivity contribution in [1.29, 1.82) is 0 Å². The molecule has 0 atom stereocenters. The predicted octanol–water partition coefficient (Wildman–Crippen LogP) is 3.83. The van der Waals surface area contributed by atoms with Gasteiger partial charge in [0.15, 0.2) is 0 Å². The first-order valence-electron chi connectivity index (χ1n) is 3.83. The molecule has 1 nitrogen and oxygen atoms in total. The van der Waals surface area contributed by atoms with E-state index in [4.69, 9.17) is 0 Å². The van der Waals surface area contributed by atoms with Crippen LogP contribution in [0, 0.1) is 6.92 Å². The van der Waals surface area contributed by atoms with Crippen LogP contribution in [0.1, 0.15) is 11.1 Å². The second-order valence-electron chi connectivity index (χ2n) is 2.77. The van der Waals surface area contributed by atoms with Gasteiger partial charge in [-0.1, -0.05) is 28.7 Å². The summed E-state index contributed by atoms with van der Waals surface area (Å²) in [7, 11) is 0. The van der Waals surface area contributed by atoms with Crippen molar-refractivity contribution in [2.45, 2.75) is 17.7 Å². The van der Waals surface area contributed by atoms with E-state index in [0.29, 0.717) is 0 Å². The first-order valence-corrected chi connectivity index (χ1v) is 5.36. The summed E-state index contributed by atoms with van der Waals surface area (Å²) in [5.41, 5.74) is 1.82. The molecule has 0 aromatic heterocycles. The highest BCUT2D eigenvalue weighted by molar-refractivity contribution is 14.1. The molecule has 0 aliphatic heterocycles. The molecule has 0 N–H and O–H groups in total. The summed E-state index contributed by atoms with van der Waals surface area (Å²) in [4.78, 5) is 0. The minimum Gasteiger partial charge on any atom is -0.406 e. The van der Waals surface area contributed by atoms with Gasteiger partial charge in [0, 0.05) is 4.43 Å². The summed E-state index contributed by atoms with van der Waals surface area (Å²) in [6.07, 6.45) is -4.61. The van der Waals surface area contributed by atoms with Crippen molar-refractivity contribution in [3.8, 4) is 5.75 Å². The Bertz CT molecular complexity index is 322. The van der Waals surface area contributed by atoms with Crippen LogP contribution in [-0.2, 0) is 4.43 Å². The SMILES string of the molecule is Cc1cc(OC(F)(F)F)ccc1CI. The summed E-state index contributed by atoms with van der Waals surface area (Å²) in [5.74, 6) is -0.163. The predicted molar refractivity (Wildman–Crippen MR) is 55.6 cm³/mol. The lowest BCUT2D eigenvalue weighted by Crippen LogP contribution is -2.17. The van der Waals surface area contributed by atoms with Crippen molar-refractivity contribution in [3.63, 3.8) is 0 Å². The van der Waals surface area contributed by atoms with E-state index < -0.39 is 6.36 Å². The van der Waals surface area contributed by atoms with Crippen LogP contribution in [0.2, 0.25) is 0 Å². The van der Waals surface area contributed by atoms with Crippen molar-refractivity contribution >= 4 is 22.6 Å². The molecule has 0 saturated carbocycles. The van der Waals surface area contributed by atoms with Crippen LogP contribution < -0.4 is 4.74 Å². The lowest BCUT2D eigenvalue weighted by Gasteiger charge is -2.10. The van der Waals surface area contributed by atoms with Gasteiger partial charge in [-0.25, -0.2) is 0 Å². The third-order valence-electron chi connectivity index (χ3n) is 1.69. The molecule has 0 spiro atoms. The fraction of sp³-hybridized carbons (Fsp3) is 0.333. The molecule has 5 heteroatoms. The zero-order valence-electron chi connectivity index (χ0n) is 7.36. The lowest BCUT2D eigenvalue weighted by atomic mass is 10.1. The summed E-state index contributed by atoms with van der Waals surface area (Å²) in [6, 6.07) is 4.36. The molecule has 0 bridgehead atoms. The van der Waals surface area contributed by atoms with Gasteiger partial charge in [-0.05, 0) is 30.2 Å². The summed E-state index contributed by atoms with van der Waals surface area (Å²) >= 11 is 2.16. The van der Waals surface area contributed by atoms with E-state index >= 15 is 0 Å². The molecular formula is C9H8F3IO. The zero-order chi connectivity index (χ0) is 10.8. The van der Waals surface area contributed by atoms with E-state index in [1.165, 1.54) is 12.1 Å². The van der Waals surface area contributed by atoms with E-state index in [0.717, 1.165) is 15.6 Å². The third kappa shape index (κ3) is 3.36. The molecule has 1 aromatic rings. The molecular weight excluding hydrogens is 308 g/mol. The molecule has 1 rings (SSSR count). The first-order chi connectivity index (χ1) is 6.42. The summed E-state index contributed by atoms with van der Waals surface area (Å²) < 4.78 is 40.0. The van der Waals surface area contributed by atoms with Crippen LogP contribution in [0.25, 0.3) is 0 Å². The average Bonchev–Trinajstić information content (AvgIpc) is 2.01. The van der Waals surface area contributed by atoms with E-state index in [9.17, 15) is 13.2 Å². The van der Waals surface area contributed by atoms with Crippen LogP contribution in [0.15, 0.2) is 18.2 Å². The van der Waals surface area contributed by atoms with Crippen LogP contribution in [0.4, 0.5) is 13.2 Å². The highest BCUT2D eigenvalue weighted by atomic mass is 127. The number of aryl methyl sites for hydroxylation is 1. The molecule has 0 aliphatic rings. The molecule has 0 aliphatic carbocycles. The average molecular weight is 316 g/mol. The molecule has 0 heterocycles. The molecule has 14 heavy (non-hydrogen) atoms. The maximum atomic E-state index is 11.8. The molecule has 0 fully saturated rings. The fourth-order valence-electron chi connectivity index (χ4n) is 1.02. The van der Waals surface area contributed by atoms with Crippen molar-refractivity contribution in [2.75, 3.05) is 0 Å². The van der Waals surface area contributed by atoms with Crippen molar-refractivity contribution in [3.05, 3.63) is 29.3 Å². The second-order valence-corrected chi connectivity index (χ2v) is 3.53. The standard InChI is InChI=1S/C9H8F3IO/c1-6-4-8(14-9(10,11)12)3-2-7(6)5-13/h2-4H,5H2,1H3. The maximum Gasteiger partial charge on any atom is 0.573 e. The van der Waals surface area contributed by atoms with E-state index in [2.05, 4.69) is 27.3 Å². The largest absolute Gasteiger partial charge is 0.573 e. The number of hydrogen-bond acceptors (Lipinski definition) is 1. The molecule has 0 amide bonds. The minimum atomic E-state index is -4.61. The van der Waals surface area contributed by atoms with E-state index in [-0.39, 0.29) is 5.75 Å². The normalized spacial score (nSPS) is 11.5. The van der Waals surface area contributed by atoms with Gasteiger partial charge in [0.2, 0.25) is 0 Å². The van der Waals surface area contributed by atoms with E-state index in [1.54, 1.807) is 13.0 Å². The minimum absolute atomic E-state index is 0.163. The fourth-order valence-corrected chi connectivity index (χ4v) is 1.87. The van der Waals surface area contributed by atoms with Crippen molar-refractivity contribution < 1.29 is 17.9 Å². The number of hydrogen-bond donors (Lipinski definition) is 0. The van der Waals surface area contributed by atoms with Gasteiger partial charge < -0.3 is 4.74 Å². The van der Waals surface area contributed by atoms with Gasteiger partial charge >= 0.3 is 6.36 Å². The second kappa shape index (κ2) is 4.37. The zero-order valence-corrected chi connectivity index (χ0v) is 9.52. The Kier molecular flexibility index (Phi) is 3.63. The molecule has 1 aromatic carbocycles. The Morgan fingerprint density at radius 1 is 1.36 bits per heavy atom. The van der Waals surface area contributed by atoms with Crippen LogP contribution >= 0.6 is 22.6 Å². The lowest BCUT2D eigenvalue weighted by molar-refractivity contribution is -0.274. The van der Waals surface area contributed by atoms with Crippen LogP contribution in [0.5, 0.6) is 5.75 Å². The van der Waals surface area contributed by atoms with Crippen LogP contribution in [0.3, 0.4) is 0 Å². The van der Waals surface area contributed by atoms with Gasteiger partial charge in [-0.3, -0.25) is 0 Å². The number of alkyl halides is 4. The third-order valence-corrected chi connectivity index (χ3v) is 2.51. The Balaban J connectivity index is 2.87. The van der Waals surface area contributed by atoms with Gasteiger partial charge in [0.25, 0.3) is 0 Å². The van der Waals surface area contributed by atoms with Gasteiger partial charge in [-0.2, -0.15) is 0 Å². The topological polar surface area (TPSA) is 9.23 Å². The number of rotatable bonds is 2. The van der Waals surface area contributed by atoms with Gasteiger partial charge in [-0.15, -0.1) is 13.2 Å². The van der Waals surface area contributed by atoms with E-state index in [1.807, 2.05) is 0 Å². The highest BCUT2D eigenvalue weighted by Gasteiger charge is 2.31. The van der Waals surface area contributed by atoms with Crippen molar-refractivity contribution in [1.82, 2.24) is 0 Å². The smallest absolute Gasteiger partial charge is 0.406 e. The Labute approximate surface area is 93.4 Å². The summed E-state index contributed by atoms with van der Waals surface area (Å²) in [6.45, 7) is 1.76.